The Morgan fingerprint density at radius 1 is 0.440 bits per heavy atom. The van der Waals surface area contributed by atoms with Crippen molar-refractivity contribution < 1.29 is 0 Å². The Balaban J connectivity index is 0.000000407. The zero-order chi connectivity index (χ0) is 19.1. The maximum Gasteiger partial charge on any atom is -0.0355 e. The fraction of sp³-hybridized carbons (Fsp3) is 1.00. The molecule has 4 fully saturated rings. The highest BCUT2D eigenvalue weighted by Crippen LogP contribution is 2.53. The summed E-state index contributed by atoms with van der Waals surface area (Å²) in [6.45, 7) is 14.3. The van der Waals surface area contributed by atoms with Gasteiger partial charge in [0.1, 0.15) is 0 Å². The lowest BCUT2D eigenvalue weighted by Crippen LogP contribution is -2.22. The van der Waals surface area contributed by atoms with Crippen molar-refractivity contribution in [2.45, 2.75) is 132 Å². The molecule has 25 heavy (non-hydrogen) atoms. The van der Waals surface area contributed by atoms with Crippen molar-refractivity contribution in [1.29, 1.82) is 0 Å². The molecule has 0 aromatic rings. The van der Waals surface area contributed by atoms with E-state index in [4.69, 9.17) is 0 Å². The third-order valence-electron chi connectivity index (χ3n) is 6.74. The lowest BCUT2D eigenvalue weighted by molar-refractivity contribution is 0.184. The average Bonchev–Trinajstić information content (AvgIpc) is 3.33. The Hall–Kier alpha value is 0. The number of hydrogen-bond donors (Lipinski definition) is 0. The van der Waals surface area contributed by atoms with Crippen LogP contribution in [0.3, 0.4) is 0 Å². The van der Waals surface area contributed by atoms with Crippen LogP contribution in [0.4, 0.5) is 0 Å². The van der Waals surface area contributed by atoms with Crippen LogP contribution in [-0.4, -0.2) is 0 Å². The van der Waals surface area contributed by atoms with Gasteiger partial charge in [-0.1, -0.05) is 113 Å². The van der Waals surface area contributed by atoms with Crippen LogP contribution in [0, 0.1) is 29.6 Å². The van der Waals surface area contributed by atoms with Crippen LogP contribution in [0.25, 0.3) is 0 Å². The van der Waals surface area contributed by atoms with E-state index in [-0.39, 0.29) is 0 Å². The smallest absolute Gasteiger partial charge is 0.0355 e. The highest BCUT2D eigenvalue weighted by atomic mass is 14.5. The molecule has 0 bridgehead atoms. The van der Waals surface area contributed by atoms with Gasteiger partial charge in [0.15, 0.2) is 0 Å². The van der Waals surface area contributed by atoms with Crippen molar-refractivity contribution in [2.24, 2.45) is 29.6 Å². The van der Waals surface area contributed by atoms with E-state index < -0.39 is 0 Å². The summed E-state index contributed by atoms with van der Waals surface area (Å²) >= 11 is 0. The second-order valence-electron chi connectivity index (χ2n) is 8.04. The molecule has 0 radical (unpaired) electrons. The van der Waals surface area contributed by atoms with E-state index in [9.17, 15) is 0 Å². The second kappa shape index (κ2) is 16.2. The Labute approximate surface area is 161 Å². The normalized spacial score (nSPS) is 32.8. The van der Waals surface area contributed by atoms with Gasteiger partial charge in [-0.2, -0.15) is 0 Å². The van der Waals surface area contributed by atoms with Crippen molar-refractivity contribution in [3.63, 3.8) is 0 Å². The zero-order valence-corrected chi connectivity index (χ0v) is 19.1. The topological polar surface area (TPSA) is 0 Å². The summed E-state index contributed by atoms with van der Waals surface area (Å²) in [5.41, 5.74) is 0. The highest BCUT2D eigenvalue weighted by Gasteiger charge is 2.44. The fourth-order valence-electron chi connectivity index (χ4n) is 5.70. The van der Waals surface area contributed by atoms with Gasteiger partial charge in [-0.15, -0.1) is 0 Å². The maximum absolute atomic E-state index is 2.34. The summed E-state index contributed by atoms with van der Waals surface area (Å²) in [4.78, 5) is 0. The molecule has 0 spiro atoms. The van der Waals surface area contributed by atoms with E-state index in [0.717, 1.165) is 5.92 Å². The van der Waals surface area contributed by atoms with Crippen LogP contribution in [0.2, 0.25) is 0 Å². The zero-order valence-electron chi connectivity index (χ0n) is 19.1. The van der Waals surface area contributed by atoms with Gasteiger partial charge in [-0.05, 0) is 48.9 Å². The number of rotatable bonds is 0. The van der Waals surface area contributed by atoms with Crippen LogP contribution in [-0.2, 0) is 0 Å². The van der Waals surface area contributed by atoms with E-state index in [1.807, 2.05) is 41.5 Å². The summed E-state index contributed by atoms with van der Waals surface area (Å²) in [6, 6.07) is 0. The third kappa shape index (κ3) is 8.49. The first-order valence-electron chi connectivity index (χ1n) is 12.3. The molecule has 0 heterocycles. The van der Waals surface area contributed by atoms with Crippen molar-refractivity contribution in [3.05, 3.63) is 0 Å². The first-order valence-corrected chi connectivity index (χ1v) is 12.3. The first-order chi connectivity index (χ1) is 12.3. The molecule has 4 aliphatic carbocycles. The van der Waals surface area contributed by atoms with Gasteiger partial charge in [0.25, 0.3) is 0 Å². The van der Waals surface area contributed by atoms with Crippen molar-refractivity contribution >= 4 is 0 Å². The van der Waals surface area contributed by atoms with Crippen LogP contribution < -0.4 is 0 Å². The predicted octanol–water partition coefficient (Wildman–Crippen LogP) is 9.28. The van der Waals surface area contributed by atoms with Gasteiger partial charge in [0, 0.05) is 0 Å². The standard InChI is InChI=1S/C13H22.C6H12.3C2H6/c1-3-7-12-10(5-1)9-11-6-2-4-8-13(11)12;1-6-4-2-3-5-6;3*1-2/h10-13H,1-9H2;6H,2-5H2,1H3;3*1-2H3. The lowest BCUT2D eigenvalue weighted by atomic mass is 9.73. The molecule has 152 valence electrons. The first kappa shape index (κ1) is 25.0. The Morgan fingerprint density at radius 2 is 0.760 bits per heavy atom. The quantitative estimate of drug-likeness (QED) is 0.407. The molecule has 0 heteroatoms. The molecule has 0 aliphatic heterocycles. The van der Waals surface area contributed by atoms with E-state index in [1.165, 1.54) is 49.4 Å². The molecular formula is C25H52. The summed E-state index contributed by atoms with van der Waals surface area (Å²) in [5.74, 6) is 5.74. The fourth-order valence-corrected chi connectivity index (χ4v) is 5.70. The molecule has 4 saturated carbocycles. The molecule has 4 atom stereocenters. The van der Waals surface area contributed by atoms with Crippen LogP contribution >= 0.6 is 0 Å². The SMILES string of the molecule is C1CCC2C(C1)CC1CCCCC12.CC.CC.CC.CC1CCCC1. The van der Waals surface area contributed by atoms with E-state index in [1.54, 1.807) is 57.8 Å². The van der Waals surface area contributed by atoms with Gasteiger partial charge in [-0.3, -0.25) is 0 Å². The lowest BCUT2D eigenvalue weighted by Gasteiger charge is -2.32. The van der Waals surface area contributed by atoms with Gasteiger partial charge < -0.3 is 0 Å². The number of fused-ring (bicyclic) bond motifs is 3. The average molecular weight is 353 g/mol. The summed E-state index contributed by atoms with van der Waals surface area (Å²) in [6.07, 6.45) is 20.1. The van der Waals surface area contributed by atoms with E-state index in [2.05, 4.69) is 6.92 Å². The highest BCUT2D eigenvalue weighted by molar-refractivity contribution is 4.94. The second-order valence-corrected chi connectivity index (χ2v) is 8.04. The van der Waals surface area contributed by atoms with Gasteiger partial charge in [0.05, 0.1) is 0 Å². The van der Waals surface area contributed by atoms with Crippen LogP contribution in [0.15, 0.2) is 0 Å². The van der Waals surface area contributed by atoms with Gasteiger partial charge in [-0.25, -0.2) is 0 Å². The van der Waals surface area contributed by atoms with E-state index >= 15 is 0 Å². The van der Waals surface area contributed by atoms with Crippen molar-refractivity contribution in [1.82, 2.24) is 0 Å². The Bertz CT molecular complexity index is 243. The Kier molecular flexibility index (Phi) is 16.2. The third-order valence-corrected chi connectivity index (χ3v) is 6.74. The largest absolute Gasteiger partial charge is 0.0683 e. The summed E-state index contributed by atoms with van der Waals surface area (Å²) in [7, 11) is 0. The van der Waals surface area contributed by atoms with Crippen LogP contribution in [0.1, 0.15) is 132 Å². The van der Waals surface area contributed by atoms with Crippen LogP contribution in [0.5, 0.6) is 0 Å². The summed E-state index contributed by atoms with van der Waals surface area (Å²) in [5, 5.41) is 0. The van der Waals surface area contributed by atoms with Crippen molar-refractivity contribution in [3.8, 4) is 0 Å². The molecule has 4 rings (SSSR count). The molecule has 0 amide bonds. The van der Waals surface area contributed by atoms with Crippen molar-refractivity contribution in [2.75, 3.05) is 0 Å². The summed E-state index contributed by atoms with van der Waals surface area (Å²) < 4.78 is 0. The molecular weight excluding hydrogens is 300 g/mol. The van der Waals surface area contributed by atoms with E-state index in [0.29, 0.717) is 0 Å². The molecule has 0 aromatic carbocycles. The number of hydrogen-bond acceptors (Lipinski definition) is 0. The molecule has 0 nitrogen and oxygen atoms in total. The Morgan fingerprint density at radius 3 is 1.08 bits per heavy atom. The maximum atomic E-state index is 2.34. The minimum atomic E-state index is 1.05. The molecule has 0 aromatic heterocycles. The minimum Gasteiger partial charge on any atom is -0.0683 e. The van der Waals surface area contributed by atoms with Gasteiger partial charge in [0.2, 0.25) is 0 Å². The molecule has 4 aliphatic rings. The molecule has 4 unspecified atom stereocenters. The van der Waals surface area contributed by atoms with Gasteiger partial charge >= 0.3 is 0 Å². The molecule has 0 saturated heterocycles. The monoisotopic (exact) mass is 352 g/mol. The minimum absolute atomic E-state index is 1.05. The molecule has 0 N–H and O–H groups in total. The predicted molar refractivity (Wildman–Crippen MR) is 117 cm³/mol.